The summed E-state index contributed by atoms with van der Waals surface area (Å²) in [6, 6.07) is 13.2. The molecule has 1 aliphatic carbocycles. The van der Waals surface area contributed by atoms with Crippen molar-refractivity contribution in [3.8, 4) is 5.88 Å². The summed E-state index contributed by atoms with van der Waals surface area (Å²) in [5.74, 6) is -1.21. The zero-order valence-electron chi connectivity index (χ0n) is 19.7. The molecule has 192 valence electrons. The number of nitrogens with zero attached hydrogens (tertiary/aromatic N) is 1. The molecular weight excluding hydrogens is 493 g/mol. The first-order valence-electron chi connectivity index (χ1n) is 11.8. The van der Waals surface area contributed by atoms with Crippen LogP contribution in [0.4, 0.5) is 13.2 Å². The highest BCUT2D eigenvalue weighted by Crippen LogP contribution is 2.39. The number of alkyl halides is 3. The maximum Gasteiger partial charge on any atom is 0.391 e. The number of carbonyl (C=O) groups excluding carboxylic acids is 1. The molecule has 0 radical (unpaired) electrons. The number of carbonyl (C=O) groups is 1. The fraction of sp³-hybridized carbons (Fsp3) is 0.385. The molecule has 10 heteroatoms. The highest BCUT2D eigenvalue weighted by atomic mass is 32.2. The van der Waals surface area contributed by atoms with E-state index in [4.69, 9.17) is 4.74 Å². The van der Waals surface area contributed by atoms with Gasteiger partial charge in [-0.1, -0.05) is 19.1 Å². The van der Waals surface area contributed by atoms with Crippen molar-refractivity contribution < 1.29 is 31.1 Å². The van der Waals surface area contributed by atoms with E-state index in [2.05, 4.69) is 10.3 Å². The Morgan fingerprint density at radius 3 is 2.39 bits per heavy atom. The van der Waals surface area contributed by atoms with Crippen molar-refractivity contribution >= 4 is 26.5 Å². The molecule has 0 bridgehead atoms. The fourth-order valence-corrected chi connectivity index (χ4v) is 5.20. The van der Waals surface area contributed by atoms with Crippen LogP contribution in [0.3, 0.4) is 0 Å². The molecule has 1 amide bonds. The van der Waals surface area contributed by atoms with E-state index in [1.807, 2.05) is 0 Å². The Kier molecular flexibility index (Phi) is 7.54. The minimum Gasteiger partial charge on any atom is -0.474 e. The van der Waals surface area contributed by atoms with E-state index in [-0.39, 0.29) is 42.0 Å². The van der Waals surface area contributed by atoms with Crippen LogP contribution in [0.2, 0.25) is 0 Å². The Morgan fingerprint density at radius 1 is 1.06 bits per heavy atom. The zero-order valence-corrected chi connectivity index (χ0v) is 20.5. The van der Waals surface area contributed by atoms with Crippen LogP contribution >= 0.6 is 0 Å². The summed E-state index contributed by atoms with van der Waals surface area (Å²) in [7, 11) is -3.28. The first-order valence-corrected chi connectivity index (χ1v) is 13.4. The van der Waals surface area contributed by atoms with Crippen LogP contribution in [0.5, 0.6) is 5.88 Å². The third-order valence-corrected chi connectivity index (χ3v) is 8.27. The van der Waals surface area contributed by atoms with Gasteiger partial charge < -0.3 is 10.1 Å². The summed E-state index contributed by atoms with van der Waals surface area (Å²) >= 11 is 0. The Bertz CT molecular complexity index is 1330. The third kappa shape index (κ3) is 5.98. The number of amides is 1. The van der Waals surface area contributed by atoms with Crippen molar-refractivity contribution in [3.05, 3.63) is 65.9 Å². The Hall–Kier alpha value is -3.14. The standard InChI is InChI=1S/C26H27F3N2O4S/c1-2-36(33,34)22-10-3-17(4-11-22)16-31-24(32)19-5-12-23-18(15-19)13-14-30-25(23)35-21-8-6-20(7-9-21)26(27,28)29/h3-5,10-15,20-21H,2,6-9,16H2,1H3,(H,31,32). The van der Waals surface area contributed by atoms with Gasteiger partial charge in [0.15, 0.2) is 9.84 Å². The number of sulfone groups is 1. The molecule has 0 saturated heterocycles. The van der Waals surface area contributed by atoms with Crippen LogP contribution in [0.25, 0.3) is 10.8 Å². The fourth-order valence-electron chi connectivity index (χ4n) is 4.32. The van der Waals surface area contributed by atoms with E-state index in [1.165, 1.54) is 12.1 Å². The van der Waals surface area contributed by atoms with E-state index in [0.717, 1.165) is 10.9 Å². The Balaban J connectivity index is 1.40. The molecule has 4 rings (SSSR count). The molecule has 0 aliphatic heterocycles. The lowest BCUT2D eigenvalue weighted by molar-refractivity contribution is -0.185. The van der Waals surface area contributed by atoms with Crippen LogP contribution in [-0.2, 0) is 16.4 Å². The van der Waals surface area contributed by atoms with E-state index >= 15 is 0 Å². The van der Waals surface area contributed by atoms with E-state index in [0.29, 0.717) is 29.7 Å². The first kappa shape index (κ1) is 25.9. The quantitative estimate of drug-likeness (QED) is 0.447. The van der Waals surface area contributed by atoms with Crippen molar-refractivity contribution in [3.63, 3.8) is 0 Å². The molecule has 1 N–H and O–H groups in total. The molecule has 3 aromatic rings. The van der Waals surface area contributed by atoms with E-state index in [1.54, 1.807) is 49.5 Å². The van der Waals surface area contributed by atoms with E-state index < -0.39 is 21.9 Å². The van der Waals surface area contributed by atoms with Crippen LogP contribution < -0.4 is 10.1 Å². The van der Waals surface area contributed by atoms with Gasteiger partial charge in [-0.25, -0.2) is 13.4 Å². The van der Waals surface area contributed by atoms with Gasteiger partial charge in [-0.15, -0.1) is 0 Å². The molecule has 0 unspecified atom stereocenters. The molecule has 1 heterocycles. The number of benzene rings is 2. The average molecular weight is 521 g/mol. The van der Waals surface area contributed by atoms with Crippen molar-refractivity contribution in [1.29, 1.82) is 0 Å². The van der Waals surface area contributed by atoms with Crippen LogP contribution in [0.1, 0.15) is 48.5 Å². The van der Waals surface area contributed by atoms with Crippen molar-refractivity contribution in [2.45, 2.75) is 56.3 Å². The molecule has 1 aliphatic rings. The number of ether oxygens (including phenoxy) is 1. The summed E-state index contributed by atoms with van der Waals surface area (Å²) < 4.78 is 68.6. The molecule has 1 saturated carbocycles. The number of hydrogen-bond acceptors (Lipinski definition) is 5. The van der Waals surface area contributed by atoms with Crippen molar-refractivity contribution in [2.24, 2.45) is 5.92 Å². The average Bonchev–Trinajstić information content (AvgIpc) is 2.87. The topological polar surface area (TPSA) is 85.4 Å². The van der Waals surface area contributed by atoms with Crippen LogP contribution in [0, 0.1) is 5.92 Å². The van der Waals surface area contributed by atoms with Crippen LogP contribution in [0.15, 0.2) is 59.6 Å². The lowest BCUT2D eigenvalue weighted by atomic mass is 9.87. The van der Waals surface area contributed by atoms with Gasteiger partial charge in [-0.2, -0.15) is 13.2 Å². The Morgan fingerprint density at radius 2 is 1.75 bits per heavy atom. The Labute approximate surface area is 207 Å². The molecule has 0 spiro atoms. The zero-order chi connectivity index (χ0) is 25.9. The lowest BCUT2D eigenvalue weighted by Crippen LogP contribution is -2.32. The molecular formula is C26H27F3N2O4S. The number of nitrogens with one attached hydrogen (secondary N) is 1. The predicted molar refractivity (Wildman–Crippen MR) is 130 cm³/mol. The van der Waals surface area contributed by atoms with Gasteiger partial charge in [0.2, 0.25) is 5.88 Å². The largest absolute Gasteiger partial charge is 0.474 e. The van der Waals surface area contributed by atoms with Gasteiger partial charge in [0.1, 0.15) is 6.10 Å². The molecule has 36 heavy (non-hydrogen) atoms. The van der Waals surface area contributed by atoms with Gasteiger partial charge >= 0.3 is 6.18 Å². The highest BCUT2D eigenvalue weighted by Gasteiger charge is 2.41. The number of fused-ring (bicyclic) bond motifs is 1. The second kappa shape index (κ2) is 10.5. The minimum absolute atomic E-state index is 0.0203. The molecule has 6 nitrogen and oxygen atoms in total. The molecule has 1 fully saturated rings. The monoisotopic (exact) mass is 520 g/mol. The summed E-state index contributed by atoms with van der Waals surface area (Å²) in [5, 5.41) is 4.23. The summed E-state index contributed by atoms with van der Waals surface area (Å²) in [6.45, 7) is 1.81. The summed E-state index contributed by atoms with van der Waals surface area (Å²) in [5.41, 5.74) is 1.19. The highest BCUT2D eigenvalue weighted by molar-refractivity contribution is 7.91. The number of aromatic nitrogens is 1. The molecule has 1 aromatic heterocycles. The van der Waals surface area contributed by atoms with Crippen molar-refractivity contribution in [1.82, 2.24) is 10.3 Å². The first-order chi connectivity index (χ1) is 17.1. The molecule has 2 aromatic carbocycles. The number of pyridine rings is 1. The SMILES string of the molecule is CCS(=O)(=O)c1ccc(CNC(=O)c2ccc3c(OC4CCC(C(F)(F)F)CC4)nccc3c2)cc1. The predicted octanol–water partition coefficient (Wildman–Crippen LogP) is 5.46. The van der Waals surface area contributed by atoms with Crippen LogP contribution in [-0.4, -0.2) is 37.3 Å². The summed E-state index contributed by atoms with van der Waals surface area (Å²) in [4.78, 5) is 17.2. The second-order valence-corrected chi connectivity index (χ2v) is 11.2. The number of halogens is 3. The smallest absolute Gasteiger partial charge is 0.391 e. The third-order valence-electron chi connectivity index (χ3n) is 6.52. The van der Waals surface area contributed by atoms with Gasteiger partial charge in [0.05, 0.1) is 16.6 Å². The maximum absolute atomic E-state index is 12.9. The summed E-state index contributed by atoms with van der Waals surface area (Å²) in [6.07, 6.45) is -2.24. The van der Waals surface area contributed by atoms with Crippen molar-refractivity contribution in [2.75, 3.05) is 5.75 Å². The lowest BCUT2D eigenvalue weighted by Gasteiger charge is -2.30. The number of hydrogen-bond donors (Lipinski definition) is 1. The second-order valence-electron chi connectivity index (χ2n) is 8.92. The normalized spacial score (nSPS) is 18.7. The van der Waals surface area contributed by atoms with Gasteiger partial charge in [-0.3, -0.25) is 4.79 Å². The van der Waals surface area contributed by atoms with E-state index in [9.17, 15) is 26.4 Å². The minimum atomic E-state index is -4.17. The van der Waals surface area contributed by atoms with Gasteiger partial charge in [-0.05, 0) is 73.0 Å². The van der Waals surface area contributed by atoms with Gasteiger partial charge in [0.25, 0.3) is 5.91 Å². The van der Waals surface area contributed by atoms with Gasteiger partial charge in [0, 0.05) is 23.7 Å². The molecule has 0 atom stereocenters. The number of rotatable bonds is 7. The maximum atomic E-state index is 12.9.